The van der Waals surface area contributed by atoms with Gasteiger partial charge in [0.2, 0.25) is 0 Å². The summed E-state index contributed by atoms with van der Waals surface area (Å²) < 4.78 is 12.4. The SMILES string of the molecule is CCOC(=O)[C@@H](COC(c1ccccc1)(c1ccccc1)c1ccccc1)[C@@H](O)CCCc1cccc2ccccc12. The lowest BCUT2D eigenvalue weighted by Gasteiger charge is -2.37. The van der Waals surface area contributed by atoms with Crippen molar-refractivity contribution in [3.05, 3.63) is 156 Å². The largest absolute Gasteiger partial charge is 0.466 e. The molecule has 5 rings (SSSR count). The van der Waals surface area contributed by atoms with E-state index >= 15 is 0 Å². The number of carbonyl (C=O) groups is 1. The average Bonchev–Trinajstić information content (AvgIpc) is 3.04. The minimum Gasteiger partial charge on any atom is -0.466 e. The highest BCUT2D eigenvalue weighted by molar-refractivity contribution is 5.85. The highest BCUT2D eigenvalue weighted by Gasteiger charge is 2.40. The highest BCUT2D eigenvalue weighted by Crippen LogP contribution is 2.41. The van der Waals surface area contributed by atoms with Crippen molar-refractivity contribution < 1.29 is 19.4 Å². The fraction of sp³-hybridized carbons (Fsp3) is 0.237. The molecule has 0 unspecified atom stereocenters. The van der Waals surface area contributed by atoms with Crippen LogP contribution in [0.4, 0.5) is 0 Å². The van der Waals surface area contributed by atoms with E-state index in [-0.39, 0.29) is 13.2 Å². The second kappa shape index (κ2) is 14.1. The van der Waals surface area contributed by atoms with Crippen molar-refractivity contribution in [3.8, 4) is 0 Å². The summed E-state index contributed by atoms with van der Waals surface area (Å²) in [5.74, 6) is -1.29. The molecule has 5 aromatic carbocycles. The van der Waals surface area contributed by atoms with Gasteiger partial charge in [-0.2, -0.15) is 0 Å². The van der Waals surface area contributed by atoms with Crippen LogP contribution in [0.15, 0.2) is 133 Å². The third-order valence-corrected chi connectivity index (χ3v) is 7.90. The van der Waals surface area contributed by atoms with Crippen molar-refractivity contribution in [1.82, 2.24) is 0 Å². The lowest BCUT2D eigenvalue weighted by Crippen LogP contribution is -2.40. The lowest BCUT2D eigenvalue weighted by atomic mass is 9.80. The van der Waals surface area contributed by atoms with Crippen LogP contribution in [-0.2, 0) is 26.3 Å². The van der Waals surface area contributed by atoms with Gasteiger partial charge in [-0.05, 0) is 59.2 Å². The summed E-state index contributed by atoms with van der Waals surface area (Å²) in [5.41, 5.74) is 3.07. The minimum absolute atomic E-state index is 0.00699. The molecule has 4 nitrogen and oxygen atoms in total. The van der Waals surface area contributed by atoms with Crippen LogP contribution in [0, 0.1) is 5.92 Å². The number of rotatable bonds is 13. The molecule has 0 saturated carbocycles. The van der Waals surface area contributed by atoms with Gasteiger partial charge < -0.3 is 14.6 Å². The van der Waals surface area contributed by atoms with Crippen LogP contribution in [-0.4, -0.2) is 30.4 Å². The molecule has 0 aliphatic heterocycles. The predicted octanol–water partition coefficient (Wildman–Crippen LogP) is 7.71. The molecule has 42 heavy (non-hydrogen) atoms. The van der Waals surface area contributed by atoms with Gasteiger partial charge in [0, 0.05) is 0 Å². The van der Waals surface area contributed by atoms with Gasteiger partial charge in [-0.3, -0.25) is 4.79 Å². The van der Waals surface area contributed by atoms with E-state index in [1.165, 1.54) is 16.3 Å². The van der Waals surface area contributed by atoms with Crippen LogP contribution >= 0.6 is 0 Å². The summed E-state index contributed by atoms with van der Waals surface area (Å²) in [4.78, 5) is 13.3. The van der Waals surface area contributed by atoms with Crippen LogP contribution in [0.3, 0.4) is 0 Å². The van der Waals surface area contributed by atoms with E-state index in [2.05, 4.69) is 30.3 Å². The second-order valence-electron chi connectivity index (χ2n) is 10.5. The van der Waals surface area contributed by atoms with Crippen LogP contribution in [0.2, 0.25) is 0 Å². The molecule has 0 bridgehead atoms. The Labute approximate surface area is 248 Å². The number of benzene rings is 5. The van der Waals surface area contributed by atoms with Crippen molar-refractivity contribution in [1.29, 1.82) is 0 Å². The first-order chi connectivity index (χ1) is 20.6. The second-order valence-corrected chi connectivity index (χ2v) is 10.5. The molecular weight excluding hydrogens is 520 g/mol. The van der Waals surface area contributed by atoms with Crippen LogP contribution in [0.1, 0.15) is 42.0 Å². The molecule has 0 aromatic heterocycles. The van der Waals surface area contributed by atoms with Crippen LogP contribution in [0.25, 0.3) is 10.8 Å². The number of aryl methyl sites for hydroxylation is 1. The zero-order valence-corrected chi connectivity index (χ0v) is 24.1. The molecule has 0 heterocycles. The van der Waals surface area contributed by atoms with Gasteiger partial charge in [-0.25, -0.2) is 0 Å². The monoisotopic (exact) mass is 558 g/mol. The molecule has 2 atom stereocenters. The summed E-state index contributed by atoms with van der Waals surface area (Å²) in [6.45, 7) is 2.01. The zero-order valence-electron chi connectivity index (χ0n) is 24.1. The van der Waals surface area contributed by atoms with E-state index < -0.39 is 23.6 Å². The molecule has 214 valence electrons. The molecule has 0 amide bonds. The Bertz CT molecular complexity index is 1450. The maximum absolute atomic E-state index is 13.3. The summed E-state index contributed by atoms with van der Waals surface area (Å²) >= 11 is 0. The predicted molar refractivity (Wildman–Crippen MR) is 168 cm³/mol. The van der Waals surface area contributed by atoms with E-state index in [0.717, 1.165) is 29.5 Å². The topological polar surface area (TPSA) is 55.8 Å². The van der Waals surface area contributed by atoms with E-state index in [1.54, 1.807) is 6.92 Å². The van der Waals surface area contributed by atoms with E-state index in [4.69, 9.17) is 9.47 Å². The minimum atomic E-state index is -0.989. The van der Waals surface area contributed by atoms with E-state index in [9.17, 15) is 9.90 Å². The normalized spacial score (nSPS) is 13.0. The maximum Gasteiger partial charge on any atom is 0.313 e. The van der Waals surface area contributed by atoms with Gasteiger partial charge in [0.25, 0.3) is 0 Å². The van der Waals surface area contributed by atoms with Crippen LogP contribution < -0.4 is 0 Å². The van der Waals surface area contributed by atoms with Crippen molar-refractivity contribution in [2.45, 2.75) is 37.9 Å². The van der Waals surface area contributed by atoms with Gasteiger partial charge in [-0.15, -0.1) is 0 Å². The Morgan fingerprint density at radius 1 is 0.714 bits per heavy atom. The van der Waals surface area contributed by atoms with Gasteiger partial charge in [-0.1, -0.05) is 133 Å². The summed E-state index contributed by atoms with van der Waals surface area (Å²) in [6.07, 6.45) is 1.06. The molecule has 5 aromatic rings. The fourth-order valence-corrected chi connectivity index (χ4v) is 5.78. The lowest BCUT2D eigenvalue weighted by molar-refractivity contribution is -0.157. The van der Waals surface area contributed by atoms with Gasteiger partial charge in [0.15, 0.2) is 0 Å². The van der Waals surface area contributed by atoms with Crippen molar-refractivity contribution in [2.24, 2.45) is 5.92 Å². The molecule has 0 fully saturated rings. The van der Waals surface area contributed by atoms with E-state index in [0.29, 0.717) is 6.42 Å². The first-order valence-corrected chi connectivity index (χ1v) is 14.8. The quantitative estimate of drug-likeness (QED) is 0.119. The smallest absolute Gasteiger partial charge is 0.313 e. The molecule has 0 aliphatic rings. The first-order valence-electron chi connectivity index (χ1n) is 14.8. The summed E-state index contributed by atoms with van der Waals surface area (Å²) in [5, 5.41) is 13.8. The molecule has 1 N–H and O–H groups in total. The standard InChI is InChI=1S/C38H38O4/c1-2-41-37(40)35(36(39)27-15-19-30-18-14-17-29-16-12-13-26-34(29)30)28-42-38(31-20-6-3-7-21-31,32-22-8-4-9-23-32)33-24-10-5-11-25-33/h3-14,16-18,20-26,35-36,39H,2,15,19,27-28H2,1H3/t35-,36-/m0/s1. The number of fused-ring (bicyclic) bond motifs is 1. The fourth-order valence-electron chi connectivity index (χ4n) is 5.78. The third kappa shape index (κ3) is 6.46. The number of hydrogen-bond donors (Lipinski definition) is 1. The Morgan fingerprint density at radius 2 is 1.24 bits per heavy atom. The molecule has 0 radical (unpaired) electrons. The van der Waals surface area contributed by atoms with E-state index in [1.807, 2.05) is 103 Å². The molecule has 0 spiro atoms. The number of aliphatic hydroxyl groups is 1. The zero-order chi connectivity index (χ0) is 29.2. The Morgan fingerprint density at radius 3 is 1.81 bits per heavy atom. The third-order valence-electron chi connectivity index (χ3n) is 7.90. The van der Waals surface area contributed by atoms with Gasteiger partial charge >= 0.3 is 5.97 Å². The molecule has 4 heteroatoms. The average molecular weight is 559 g/mol. The number of ether oxygens (including phenoxy) is 2. The number of carbonyl (C=O) groups excluding carboxylic acids is 1. The number of esters is 1. The Kier molecular flexibility index (Phi) is 9.81. The number of hydrogen-bond acceptors (Lipinski definition) is 4. The number of aliphatic hydroxyl groups excluding tert-OH is 1. The molecule has 0 saturated heterocycles. The summed E-state index contributed by atoms with van der Waals surface area (Å²) in [6, 6.07) is 44.8. The first kappa shape index (κ1) is 29.2. The molecular formula is C38H38O4. The summed E-state index contributed by atoms with van der Waals surface area (Å²) in [7, 11) is 0. The maximum atomic E-state index is 13.3. The Balaban J connectivity index is 1.42. The van der Waals surface area contributed by atoms with Crippen LogP contribution in [0.5, 0.6) is 0 Å². The van der Waals surface area contributed by atoms with Gasteiger partial charge in [0.1, 0.15) is 11.5 Å². The highest BCUT2D eigenvalue weighted by atomic mass is 16.5. The van der Waals surface area contributed by atoms with Crippen molar-refractivity contribution in [2.75, 3.05) is 13.2 Å². The molecule has 0 aliphatic carbocycles. The van der Waals surface area contributed by atoms with Crippen molar-refractivity contribution in [3.63, 3.8) is 0 Å². The Hall–Kier alpha value is -4.25. The van der Waals surface area contributed by atoms with Gasteiger partial charge in [0.05, 0.1) is 19.3 Å². The van der Waals surface area contributed by atoms with Crippen molar-refractivity contribution >= 4 is 16.7 Å².